The lowest BCUT2D eigenvalue weighted by Crippen LogP contribution is -2.53. The van der Waals surface area contributed by atoms with Crippen molar-refractivity contribution < 1.29 is 23.5 Å². The minimum absolute atomic E-state index is 0.0556. The number of carbonyl (C=O) groups is 1. The zero-order valence-electron chi connectivity index (χ0n) is 26.9. The van der Waals surface area contributed by atoms with Crippen molar-refractivity contribution in [3.63, 3.8) is 0 Å². The lowest BCUT2D eigenvalue weighted by molar-refractivity contribution is -0.111. The fourth-order valence-corrected chi connectivity index (χ4v) is 6.95. The zero-order chi connectivity index (χ0) is 33.1. The van der Waals surface area contributed by atoms with Gasteiger partial charge in [0.2, 0.25) is 5.91 Å². The number of nitrogens with zero attached hydrogens (tertiary/aromatic N) is 5. The Bertz CT molecular complexity index is 1590. The number of nitrogens with one attached hydrogen (secondary N) is 2. The smallest absolute Gasteiger partial charge is 0.247 e. The molecule has 1 amide bonds. The van der Waals surface area contributed by atoms with Crippen molar-refractivity contribution >= 4 is 46.2 Å². The summed E-state index contributed by atoms with van der Waals surface area (Å²) < 4.78 is 25.6. The van der Waals surface area contributed by atoms with Gasteiger partial charge in [-0.1, -0.05) is 24.2 Å². The molecule has 3 aliphatic rings. The summed E-state index contributed by atoms with van der Waals surface area (Å²) in [5.74, 6) is 0.818. The zero-order valence-corrected chi connectivity index (χ0v) is 27.7. The van der Waals surface area contributed by atoms with Gasteiger partial charge < -0.3 is 25.0 Å². The topological polar surface area (TPSA) is 104 Å². The highest BCUT2D eigenvalue weighted by Gasteiger charge is 2.32. The van der Waals surface area contributed by atoms with Crippen molar-refractivity contribution in [3.8, 4) is 5.75 Å². The molecule has 0 saturated carbocycles. The number of aromatic nitrogens is 2. The Morgan fingerprint density at radius 3 is 2.55 bits per heavy atom. The second-order valence-electron chi connectivity index (χ2n) is 12.2. The van der Waals surface area contributed by atoms with Crippen LogP contribution in [0, 0.1) is 5.82 Å². The molecular weight excluding hydrogens is 625 g/mol. The van der Waals surface area contributed by atoms with Crippen LogP contribution >= 0.6 is 11.6 Å². The Kier molecular flexibility index (Phi) is 10.1. The highest BCUT2D eigenvalue weighted by atomic mass is 35.5. The molecule has 13 heteroatoms. The Labute approximate surface area is 279 Å². The van der Waals surface area contributed by atoms with Gasteiger partial charge in [-0.15, -0.1) is 0 Å². The predicted molar refractivity (Wildman–Crippen MR) is 181 cm³/mol. The molecule has 2 N–H and O–H groups in total. The number of carbonyl (C=O) groups excluding carboxylic acids is 1. The highest BCUT2D eigenvalue weighted by molar-refractivity contribution is 6.30. The van der Waals surface area contributed by atoms with Crippen molar-refractivity contribution in [2.24, 2.45) is 0 Å². The van der Waals surface area contributed by atoms with Crippen LogP contribution in [0.3, 0.4) is 0 Å². The summed E-state index contributed by atoms with van der Waals surface area (Å²) in [5.41, 5.74) is 2.94. The second-order valence-corrected chi connectivity index (χ2v) is 12.6. The summed E-state index contributed by atoms with van der Waals surface area (Å²) >= 11 is 6.07. The molecule has 0 radical (unpaired) electrons. The molecule has 250 valence electrons. The van der Waals surface area contributed by atoms with Crippen LogP contribution in [0.4, 0.5) is 33.1 Å². The molecule has 0 aliphatic carbocycles. The average Bonchev–Trinajstić information content (AvgIpc) is 3.56. The summed E-state index contributed by atoms with van der Waals surface area (Å²) in [6, 6.07) is 10.5. The first kappa shape index (κ1) is 33.0. The first-order valence-corrected chi connectivity index (χ1v) is 16.4. The molecule has 1 aromatic heterocycles. The minimum atomic E-state index is -0.472. The molecule has 3 aromatic rings. The summed E-state index contributed by atoms with van der Waals surface area (Å²) in [6.45, 7) is 11.9. The van der Waals surface area contributed by atoms with E-state index in [1.807, 2.05) is 12.1 Å². The maximum absolute atomic E-state index is 13.8. The summed E-state index contributed by atoms with van der Waals surface area (Å²) in [4.78, 5) is 32.2. The van der Waals surface area contributed by atoms with E-state index in [9.17, 15) is 9.18 Å². The number of hydroxylamine groups is 1. The Hall–Kier alpha value is -3.97. The normalized spacial score (nSPS) is 22.3. The highest BCUT2D eigenvalue weighted by Crippen LogP contribution is 2.41. The first-order valence-electron chi connectivity index (χ1n) is 16.0. The van der Waals surface area contributed by atoms with Crippen LogP contribution in [0.1, 0.15) is 44.7 Å². The molecule has 1 unspecified atom stereocenters. The number of piperidine rings is 1. The maximum atomic E-state index is 13.8. The molecule has 6 rings (SSSR count). The number of methoxy groups -OCH3 is 1. The number of hydrogen-bond acceptors (Lipinski definition) is 10. The minimum Gasteiger partial charge on any atom is -0.494 e. The van der Waals surface area contributed by atoms with Crippen molar-refractivity contribution in [1.29, 1.82) is 0 Å². The van der Waals surface area contributed by atoms with E-state index in [0.717, 1.165) is 50.3 Å². The molecule has 0 spiro atoms. The number of benzene rings is 2. The van der Waals surface area contributed by atoms with Crippen LogP contribution < -0.4 is 25.3 Å². The lowest BCUT2D eigenvalue weighted by atomic mass is 10.00. The number of morpholine rings is 1. The number of ether oxygens (including phenoxy) is 2. The number of hydrogen-bond donors (Lipinski definition) is 2. The van der Waals surface area contributed by atoms with Crippen LogP contribution in [-0.2, 0) is 14.4 Å². The maximum Gasteiger partial charge on any atom is 0.247 e. The Balaban J connectivity index is 1.22. The monoisotopic (exact) mass is 665 g/mol. The number of rotatable bonds is 9. The van der Waals surface area contributed by atoms with Crippen LogP contribution in [-0.4, -0.2) is 78.9 Å². The Morgan fingerprint density at radius 2 is 1.85 bits per heavy atom. The third-order valence-electron chi connectivity index (χ3n) is 8.90. The second kappa shape index (κ2) is 14.4. The molecule has 11 nitrogen and oxygen atoms in total. The van der Waals surface area contributed by atoms with Gasteiger partial charge in [0.15, 0.2) is 5.82 Å². The van der Waals surface area contributed by atoms with E-state index in [1.165, 1.54) is 18.5 Å². The van der Waals surface area contributed by atoms with Crippen molar-refractivity contribution in [2.45, 2.75) is 57.4 Å². The van der Waals surface area contributed by atoms with Crippen LogP contribution in [0.15, 0.2) is 55.4 Å². The van der Waals surface area contributed by atoms with E-state index in [2.05, 4.69) is 50.8 Å². The number of anilines is 5. The van der Waals surface area contributed by atoms with Crippen LogP contribution in [0.25, 0.3) is 0 Å². The molecule has 3 saturated heterocycles. The number of amides is 1. The van der Waals surface area contributed by atoms with E-state index in [-0.39, 0.29) is 29.2 Å². The summed E-state index contributed by atoms with van der Waals surface area (Å²) in [7, 11) is 1.61. The van der Waals surface area contributed by atoms with E-state index >= 15 is 0 Å². The van der Waals surface area contributed by atoms with Crippen molar-refractivity contribution in [3.05, 3.63) is 71.8 Å². The fraction of sp³-hybridized carbons (Fsp3) is 0.441. The molecular formula is C34H41ClFN7O4. The van der Waals surface area contributed by atoms with Gasteiger partial charge >= 0.3 is 0 Å². The third kappa shape index (κ3) is 7.46. The van der Waals surface area contributed by atoms with E-state index in [0.29, 0.717) is 47.8 Å². The largest absolute Gasteiger partial charge is 0.494 e. The molecule has 0 bridgehead atoms. The fourth-order valence-electron chi connectivity index (χ4n) is 6.76. The van der Waals surface area contributed by atoms with Crippen LogP contribution in [0.2, 0.25) is 5.02 Å². The third-order valence-corrected chi connectivity index (χ3v) is 9.19. The van der Waals surface area contributed by atoms with Gasteiger partial charge in [-0.25, -0.2) is 19.4 Å². The van der Waals surface area contributed by atoms with Crippen LogP contribution in [0.5, 0.6) is 5.75 Å². The molecule has 3 fully saturated rings. The molecule has 47 heavy (non-hydrogen) atoms. The molecule has 3 atom stereocenters. The van der Waals surface area contributed by atoms with E-state index < -0.39 is 5.82 Å². The van der Waals surface area contributed by atoms with E-state index in [1.54, 1.807) is 30.4 Å². The van der Waals surface area contributed by atoms with Gasteiger partial charge in [0.1, 0.15) is 23.7 Å². The van der Waals surface area contributed by atoms with Gasteiger partial charge in [-0.2, -0.15) is 0 Å². The average molecular weight is 666 g/mol. The standard InChI is InChI=1S/C34H41ClFN7O4/c1-5-34(44)40-27-15-28(31(45-4)16-30(27)41-11-8-24(9-12-41)42-18-21(2)47-22(3)19-42)39-32-17-33(38-20-37-32)43-29(10-13-46-43)23-6-7-26(36)25(35)14-23/h5-7,14-17,20-22,24,29H,1,8-13,18-19H2,2-4H3,(H,40,44)(H,37,38,39)/t21-,22+,29?. The van der Waals surface area contributed by atoms with Gasteiger partial charge in [0.25, 0.3) is 0 Å². The SMILES string of the molecule is C=CC(=O)Nc1cc(Nc2cc(N3OCCC3c3ccc(F)c(Cl)c3)ncn2)c(OC)cc1N1CCC(N2C[C@@H](C)O[C@@H](C)C2)CC1. The quantitative estimate of drug-likeness (QED) is 0.260. The molecule has 4 heterocycles. The van der Waals surface area contributed by atoms with Gasteiger partial charge in [-0.3, -0.25) is 14.5 Å². The van der Waals surface area contributed by atoms with E-state index in [4.69, 9.17) is 25.9 Å². The van der Waals surface area contributed by atoms with Crippen molar-refractivity contribution in [1.82, 2.24) is 14.9 Å². The first-order chi connectivity index (χ1) is 22.7. The molecule has 3 aliphatic heterocycles. The molecule has 2 aromatic carbocycles. The van der Waals surface area contributed by atoms with Gasteiger partial charge in [0, 0.05) is 50.8 Å². The summed E-state index contributed by atoms with van der Waals surface area (Å²) in [5, 5.41) is 8.07. The number of halogens is 2. The summed E-state index contributed by atoms with van der Waals surface area (Å²) in [6.07, 6.45) is 5.84. The Morgan fingerprint density at radius 1 is 1.09 bits per heavy atom. The van der Waals surface area contributed by atoms with Gasteiger partial charge in [-0.05, 0) is 56.5 Å². The predicted octanol–water partition coefficient (Wildman–Crippen LogP) is 6.11. The van der Waals surface area contributed by atoms with Gasteiger partial charge in [0.05, 0.1) is 54.1 Å². The lowest BCUT2D eigenvalue weighted by Gasteiger charge is -2.44. The van der Waals surface area contributed by atoms with Crippen molar-refractivity contribution in [2.75, 3.05) is 60.5 Å².